The number of hydrogen-bond donors (Lipinski definition) is 1. The minimum absolute atomic E-state index is 0.341. The zero-order valence-electron chi connectivity index (χ0n) is 9.91. The van der Waals surface area contributed by atoms with Gasteiger partial charge in [-0.3, -0.25) is 0 Å². The van der Waals surface area contributed by atoms with Crippen molar-refractivity contribution in [1.29, 1.82) is 0 Å². The van der Waals surface area contributed by atoms with Gasteiger partial charge in [0.25, 0.3) is 0 Å². The highest BCUT2D eigenvalue weighted by Crippen LogP contribution is 2.39. The Morgan fingerprint density at radius 3 is 2.88 bits per heavy atom. The Hall–Kier alpha value is -0.130. The summed E-state index contributed by atoms with van der Waals surface area (Å²) >= 11 is 5.23. The number of hydrogen-bond acceptors (Lipinski definition) is 4. The molecule has 2 fully saturated rings. The van der Waals surface area contributed by atoms with E-state index in [1.807, 2.05) is 0 Å². The molecular weight excluding hydrogens is 298 g/mol. The highest BCUT2D eigenvalue weighted by Gasteiger charge is 2.40. The second-order valence-electron chi connectivity index (χ2n) is 5.07. The Balaban J connectivity index is 1.89. The van der Waals surface area contributed by atoms with Crippen LogP contribution in [0.4, 0.5) is 5.13 Å². The third kappa shape index (κ3) is 2.25. The van der Waals surface area contributed by atoms with Gasteiger partial charge in [0.05, 0.1) is 5.54 Å². The number of piperazine rings is 1. The molecule has 94 valence electrons. The fourth-order valence-electron chi connectivity index (χ4n) is 3.17. The molecule has 1 aliphatic carbocycles. The van der Waals surface area contributed by atoms with Crippen LogP contribution in [0.2, 0.25) is 0 Å². The van der Waals surface area contributed by atoms with Crippen molar-refractivity contribution >= 4 is 32.4 Å². The summed E-state index contributed by atoms with van der Waals surface area (Å²) in [6.07, 6.45) is 6.76. The molecule has 3 nitrogen and oxygen atoms in total. The first-order chi connectivity index (χ1) is 8.30. The Bertz CT molecular complexity index is 379. The van der Waals surface area contributed by atoms with Crippen LogP contribution < -0.4 is 10.2 Å². The lowest BCUT2D eigenvalue weighted by Crippen LogP contribution is -2.62. The van der Waals surface area contributed by atoms with Gasteiger partial charge in [-0.05, 0) is 28.8 Å². The number of nitrogens with zero attached hydrogens (tertiary/aromatic N) is 2. The van der Waals surface area contributed by atoms with Gasteiger partial charge in [0.1, 0.15) is 4.60 Å². The Morgan fingerprint density at radius 1 is 1.35 bits per heavy atom. The number of nitrogens with one attached hydrogen (secondary N) is 1. The molecule has 3 rings (SSSR count). The van der Waals surface area contributed by atoms with E-state index in [0.29, 0.717) is 5.54 Å². The number of aromatic nitrogens is 1. The van der Waals surface area contributed by atoms with Crippen molar-refractivity contribution in [1.82, 2.24) is 10.3 Å². The SMILES string of the molecule is Brc1csc(N2CCNCC23CCCCC3)n1. The van der Waals surface area contributed by atoms with E-state index in [1.54, 1.807) is 11.3 Å². The summed E-state index contributed by atoms with van der Waals surface area (Å²) < 4.78 is 0.974. The molecule has 1 saturated carbocycles. The number of rotatable bonds is 1. The van der Waals surface area contributed by atoms with Crippen LogP contribution in [0.1, 0.15) is 32.1 Å². The lowest BCUT2D eigenvalue weighted by Gasteiger charge is -2.49. The van der Waals surface area contributed by atoms with Crippen molar-refractivity contribution in [3.05, 3.63) is 9.98 Å². The largest absolute Gasteiger partial charge is 0.340 e. The molecule has 17 heavy (non-hydrogen) atoms. The van der Waals surface area contributed by atoms with Crippen LogP contribution in [0.15, 0.2) is 9.98 Å². The second-order valence-corrected chi connectivity index (χ2v) is 6.72. The topological polar surface area (TPSA) is 28.2 Å². The Kier molecular flexibility index (Phi) is 3.41. The maximum Gasteiger partial charge on any atom is 0.186 e. The summed E-state index contributed by atoms with van der Waals surface area (Å²) in [5, 5.41) is 6.86. The average molecular weight is 316 g/mol. The fourth-order valence-corrected chi connectivity index (χ4v) is 4.55. The van der Waals surface area contributed by atoms with Gasteiger partial charge in [-0.25, -0.2) is 4.98 Å². The van der Waals surface area contributed by atoms with Crippen molar-refractivity contribution in [3.8, 4) is 0 Å². The predicted octanol–water partition coefficient (Wildman–Crippen LogP) is 3.02. The van der Waals surface area contributed by atoms with Gasteiger partial charge in [-0.1, -0.05) is 19.3 Å². The highest BCUT2D eigenvalue weighted by atomic mass is 79.9. The predicted molar refractivity (Wildman–Crippen MR) is 75.8 cm³/mol. The number of anilines is 1. The van der Waals surface area contributed by atoms with E-state index in [9.17, 15) is 0 Å². The lowest BCUT2D eigenvalue weighted by atomic mass is 9.79. The van der Waals surface area contributed by atoms with Gasteiger partial charge in [-0.2, -0.15) is 0 Å². The van der Waals surface area contributed by atoms with Crippen LogP contribution in [-0.4, -0.2) is 30.2 Å². The second kappa shape index (κ2) is 4.86. The van der Waals surface area contributed by atoms with Crippen LogP contribution in [0.5, 0.6) is 0 Å². The normalized spacial score (nSPS) is 24.2. The average Bonchev–Trinajstić information content (AvgIpc) is 2.77. The third-order valence-corrected chi connectivity index (χ3v) is 5.59. The molecular formula is C12H18BrN3S. The molecule has 5 heteroatoms. The standard InChI is InChI=1S/C12H18BrN3S/c13-10-8-17-11(15-10)16-7-6-14-9-12(16)4-2-1-3-5-12/h8,14H,1-7,9H2. The Morgan fingerprint density at radius 2 is 2.18 bits per heavy atom. The van der Waals surface area contributed by atoms with Gasteiger partial charge in [0.2, 0.25) is 0 Å². The van der Waals surface area contributed by atoms with E-state index in [4.69, 9.17) is 0 Å². The molecule has 0 aromatic carbocycles. The highest BCUT2D eigenvalue weighted by molar-refractivity contribution is 9.10. The zero-order chi connectivity index (χ0) is 11.7. The Labute approximate surface area is 115 Å². The molecule has 1 aromatic heterocycles. The van der Waals surface area contributed by atoms with Crippen molar-refractivity contribution in [2.75, 3.05) is 24.5 Å². The fraction of sp³-hybridized carbons (Fsp3) is 0.750. The maximum atomic E-state index is 4.62. The van der Waals surface area contributed by atoms with Gasteiger partial charge in [0, 0.05) is 25.0 Å². The van der Waals surface area contributed by atoms with Crippen molar-refractivity contribution in [2.24, 2.45) is 0 Å². The third-order valence-electron chi connectivity index (χ3n) is 4.02. The van der Waals surface area contributed by atoms with Crippen LogP contribution >= 0.6 is 27.3 Å². The quantitative estimate of drug-likeness (QED) is 0.863. The van der Waals surface area contributed by atoms with E-state index in [1.165, 1.54) is 37.2 Å². The van der Waals surface area contributed by atoms with E-state index in [2.05, 4.69) is 36.5 Å². The molecule has 0 radical (unpaired) electrons. The van der Waals surface area contributed by atoms with Crippen molar-refractivity contribution in [2.45, 2.75) is 37.6 Å². The van der Waals surface area contributed by atoms with Crippen LogP contribution in [-0.2, 0) is 0 Å². The monoisotopic (exact) mass is 315 g/mol. The van der Waals surface area contributed by atoms with E-state index in [0.717, 1.165) is 24.2 Å². The molecule has 1 aromatic rings. The van der Waals surface area contributed by atoms with Crippen molar-refractivity contribution in [3.63, 3.8) is 0 Å². The minimum atomic E-state index is 0.341. The zero-order valence-corrected chi connectivity index (χ0v) is 12.3. The maximum absolute atomic E-state index is 4.62. The summed E-state index contributed by atoms with van der Waals surface area (Å²) in [4.78, 5) is 7.18. The number of thiazole rings is 1. The molecule has 2 heterocycles. The molecule has 1 aliphatic heterocycles. The summed E-state index contributed by atoms with van der Waals surface area (Å²) in [6.45, 7) is 3.31. The van der Waals surface area contributed by atoms with E-state index in [-0.39, 0.29) is 0 Å². The van der Waals surface area contributed by atoms with Gasteiger partial charge in [0.15, 0.2) is 5.13 Å². The first-order valence-electron chi connectivity index (χ1n) is 6.40. The number of halogens is 1. The van der Waals surface area contributed by atoms with Crippen molar-refractivity contribution < 1.29 is 0 Å². The van der Waals surface area contributed by atoms with E-state index >= 15 is 0 Å². The lowest BCUT2D eigenvalue weighted by molar-refractivity contribution is 0.241. The first kappa shape index (κ1) is 11.9. The summed E-state index contributed by atoms with van der Waals surface area (Å²) in [5.74, 6) is 0. The molecule has 1 N–H and O–H groups in total. The van der Waals surface area contributed by atoms with Crippen LogP contribution in [0.3, 0.4) is 0 Å². The summed E-state index contributed by atoms with van der Waals surface area (Å²) in [5.41, 5.74) is 0.341. The first-order valence-corrected chi connectivity index (χ1v) is 8.07. The van der Waals surface area contributed by atoms with Gasteiger partial charge >= 0.3 is 0 Å². The minimum Gasteiger partial charge on any atom is -0.340 e. The molecule has 2 aliphatic rings. The summed E-state index contributed by atoms with van der Waals surface area (Å²) in [6, 6.07) is 0. The summed E-state index contributed by atoms with van der Waals surface area (Å²) in [7, 11) is 0. The van der Waals surface area contributed by atoms with E-state index < -0.39 is 0 Å². The van der Waals surface area contributed by atoms with Crippen LogP contribution in [0.25, 0.3) is 0 Å². The molecule has 0 atom stereocenters. The molecule has 1 saturated heterocycles. The van der Waals surface area contributed by atoms with Gasteiger partial charge < -0.3 is 10.2 Å². The molecule has 1 spiro atoms. The molecule has 0 amide bonds. The smallest absolute Gasteiger partial charge is 0.186 e. The molecule has 0 bridgehead atoms. The molecule has 0 unspecified atom stereocenters. The van der Waals surface area contributed by atoms with Gasteiger partial charge in [-0.15, -0.1) is 11.3 Å². The van der Waals surface area contributed by atoms with Crippen LogP contribution in [0, 0.1) is 0 Å².